The molecule has 0 aromatic heterocycles. The fourth-order valence-electron chi connectivity index (χ4n) is 3.48. The number of hydrogen-bond acceptors (Lipinski definition) is 5. The van der Waals surface area contributed by atoms with Crippen LogP contribution in [-0.2, 0) is 6.61 Å². The van der Waals surface area contributed by atoms with Crippen LogP contribution >= 0.6 is 22.6 Å². The summed E-state index contributed by atoms with van der Waals surface area (Å²) in [6.45, 7) is 0.153. The minimum atomic E-state index is -1.01. The van der Waals surface area contributed by atoms with Gasteiger partial charge >= 0.3 is 5.97 Å². The molecule has 3 aromatic carbocycles. The van der Waals surface area contributed by atoms with Gasteiger partial charge in [0, 0.05) is 11.1 Å². The van der Waals surface area contributed by atoms with Crippen LogP contribution < -0.4 is 9.47 Å². The minimum absolute atomic E-state index is 0.114. The smallest absolute Gasteiger partial charge is 0.335 e. The Kier molecular flexibility index (Phi) is 6.09. The summed E-state index contributed by atoms with van der Waals surface area (Å²) in [4.78, 5) is 36.5. The molecule has 0 unspecified atom stereocenters. The number of aromatic carboxylic acids is 1. The van der Waals surface area contributed by atoms with Crippen molar-refractivity contribution < 1.29 is 29.0 Å². The summed E-state index contributed by atoms with van der Waals surface area (Å²) in [6, 6.07) is 16.8. The number of methoxy groups -OCH3 is 1. The Bertz CT molecular complexity index is 1250. The first kappa shape index (κ1) is 21.8. The average Bonchev–Trinajstić information content (AvgIpc) is 3.03. The molecule has 0 spiro atoms. The maximum absolute atomic E-state index is 12.7. The Balaban J connectivity index is 1.61. The molecule has 7 heteroatoms. The van der Waals surface area contributed by atoms with Crippen LogP contribution in [0.2, 0.25) is 0 Å². The summed E-state index contributed by atoms with van der Waals surface area (Å²) in [5.74, 6) is -0.664. The van der Waals surface area contributed by atoms with Crippen LogP contribution in [0.4, 0.5) is 0 Å². The monoisotopic (exact) mass is 540 g/mol. The zero-order valence-corrected chi connectivity index (χ0v) is 19.1. The molecule has 0 atom stereocenters. The summed E-state index contributed by atoms with van der Waals surface area (Å²) >= 11 is 2.09. The molecule has 0 fully saturated rings. The normalized spacial score (nSPS) is 12.5. The van der Waals surface area contributed by atoms with Crippen molar-refractivity contribution in [2.45, 2.75) is 6.61 Å². The van der Waals surface area contributed by atoms with E-state index < -0.39 is 5.97 Å². The molecule has 1 aliphatic carbocycles. The molecule has 0 heterocycles. The third-order valence-corrected chi connectivity index (χ3v) is 5.83. The van der Waals surface area contributed by atoms with Crippen LogP contribution in [0.25, 0.3) is 6.08 Å². The Labute approximate surface area is 197 Å². The summed E-state index contributed by atoms with van der Waals surface area (Å²) in [5, 5.41) is 9.15. The lowest BCUT2D eigenvalue weighted by atomic mass is 10.1. The van der Waals surface area contributed by atoms with E-state index in [0.717, 1.165) is 3.57 Å². The third-order valence-electron chi connectivity index (χ3n) is 5.03. The Hall–Kier alpha value is -3.46. The van der Waals surface area contributed by atoms with E-state index in [0.29, 0.717) is 33.8 Å². The summed E-state index contributed by atoms with van der Waals surface area (Å²) in [6.07, 6.45) is 1.56. The van der Waals surface area contributed by atoms with Crippen molar-refractivity contribution in [3.63, 3.8) is 0 Å². The Morgan fingerprint density at radius 2 is 1.69 bits per heavy atom. The number of halogens is 1. The van der Waals surface area contributed by atoms with Crippen LogP contribution in [0.3, 0.4) is 0 Å². The molecule has 160 valence electrons. The number of carbonyl (C=O) groups is 3. The van der Waals surface area contributed by atoms with E-state index in [9.17, 15) is 14.4 Å². The molecular weight excluding hydrogens is 523 g/mol. The first-order valence-electron chi connectivity index (χ1n) is 9.61. The summed E-state index contributed by atoms with van der Waals surface area (Å²) in [7, 11) is 1.50. The van der Waals surface area contributed by atoms with Gasteiger partial charge in [-0.1, -0.05) is 36.4 Å². The van der Waals surface area contributed by atoms with Gasteiger partial charge in [-0.3, -0.25) is 9.59 Å². The molecule has 0 bridgehead atoms. The second-order valence-electron chi connectivity index (χ2n) is 7.09. The average molecular weight is 540 g/mol. The largest absolute Gasteiger partial charge is 0.493 e. The molecule has 0 saturated carbocycles. The maximum Gasteiger partial charge on any atom is 0.335 e. The standard InChI is InChI=1S/C25H17IO6/c1-31-21-12-15(10-19-22(27)17-7-2-3-8-18(17)23(19)28)11-20(26)24(21)32-13-14-5-4-6-16(9-14)25(29)30/h2-12H,13H2,1H3,(H,29,30). The van der Waals surface area contributed by atoms with Crippen molar-refractivity contribution in [1.29, 1.82) is 0 Å². The number of carbonyl (C=O) groups excluding carboxylic acids is 2. The molecule has 4 rings (SSSR count). The molecule has 0 saturated heterocycles. The van der Waals surface area contributed by atoms with E-state index in [-0.39, 0.29) is 29.3 Å². The van der Waals surface area contributed by atoms with Gasteiger partial charge in [0.1, 0.15) is 6.61 Å². The maximum atomic E-state index is 12.7. The highest BCUT2D eigenvalue weighted by Gasteiger charge is 2.32. The number of ether oxygens (including phenoxy) is 2. The lowest BCUT2D eigenvalue weighted by Crippen LogP contribution is -2.03. The highest BCUT2D eigenvalue weighted by atomic mass is 127. The van der Waals surface area contributed by atoms with Crippen LogP contribution in [0.1, 0.15) is 42.2 Å². The van der Waals surface area contributed by atoms with Gasteiger partial charge in [0.15, 0.2) is 23.1 Å². The van der Waals surface area contributed by atoms with Gasteiger partial charge in [0.25, 0.3) is 0 Å². The highest BCUT2D eigenvalue weighted by Crippen LogP contribution is 2.36. The number of hydrogen-bond donors (Lipinski definition) is 1. The predicted molar refractivity (Wildman–Crippen MR) is 127 cm³/mol. The van der Waals surface area contributed by atoms with Gasteiger partial charge in [0.2, 0.25) is 0 Å². The summed E-state index contributed by atoms with van der Waals surface area (Å²) < 4.78 is 12.1. The van der Waals surface area contributed by atoms with Crippen molar-refractivity contribution in [2.24, 2.45) is 0 Å². The number of allylic oxidation sites excluding steroid dienone is 1. The first-order valence-corrected chi connectivity index (χ1v) is 10.7. The third kappa shape index (κ3) is 4.16. The SMILES string of the molecule is COc1cc(C=C2C(=O)c3ccccc3C2=O)cc(I)c1OCc1cccc(C(=O)O)c1. The second-order valence-corrected chi connectivity index (χ2v) is 8.25. The molecule has 1 aliphatic rings. The van der Waals surface area contributed by atoms with Crippen molar-refractivity contribution in [3.8, 4) is 11.5 Å². The van der Waals surface area contributed by atoms with E-state index in [1.54, 1.807) is 60.7 Å². The van der Waals surface area contributed by atoms with E-state index in [2.05, 4.69) is 22.6 Å². The van der Waals surface area contributed by atoms with E-state index in [1.807, 2.05) is 0 Å². The summed E-state index contributed by atoms with van der Waals surface area (Å²) in [5.41, 5.74) is 2.46. The van der Waals surface area contributed by atoms with Crippen molar-refractivity contribution in [3.05, 3.63) is 97.6 Å². The number of ketones is 2. The fraction of sp³-hybridized carbons (Fsp3) is 0.0800. The zero-order chi connectivity index (χ0) is 22.8. The second kappa shape index (κ2) is 8.96. The quantitative estimate of drug-likeness (QED) is 0.268. The number of Topliss-reactive ketones (excluding diaryl/α,β-unsaturated/α-hetero) is 2. The molecule has 0 aliphatic heterocycles. The van der Waals surface area contributed by atoms with Gasteiger partial charge in [-0.05, 0) is 64.1 Å². The fourth-order valence-corrected chi connectivity index (χ4v) is 4.26. The first-order chi connectivity index (χ1) is 15.4. The highest BCUT2D eigenvalue weighted by molar-refractivity contribution is 14.1. The molecule has 0 amide bonds. The van der Waals surface area contributed by atoms with Gasteiger partial charge in [0.05, 0.1) is 21.8 Å². The molecule has 32 heavy (non-hydrogen) atoms. The number of benzene rings is 3. The number of rotatable bonds is 6. The van der Waals surface area contributed by atoms with Gasteiger partial charge in [-0.2, -0.15) is 0 Å². The Morgan fingerprint density at radius 3 is 2.31 bits per heavy atom. The molecule has 0 radical (unpaired) electrons. The zero-order valence-electron chi connectivity index (χ0n) is 16.9. The van der Waals surface area contributed by atoms with Crippen LogP contribution in [0, 0.1) is 3.57 Å². The van der Waals surface area contributed by atoms with Crippen LogP contribution in [-0.4, -0.2) is 29.8 Å². The van der Waals surface area contributed by atoms with Crippen molar-refractivity contribution >= 4 is 46.2 Å². The van der Waals surface area contributed by atoms with Gasteiger partial charge in [-0.25, -0.2) is 4.79 Å². The molecule has 1 N–H and O–H groups in total. The lowest BCUT2D eigenvalue weighted by molar-refractivity contribution is 0.0696. The van der Waals surface area contributed by atoms with Crippen molar-refractivity contribution in [1.82, 2.24) is 0 Å². The minimum Gasteiger partial charge on any atom is -0.493 e. The Morgan fingerprint density at radius 1 is 1.00 bits per heavy atom. The van der Waals surface area contributed by atoms with E-state index >= 15 is 0 Å². The lowest BCUT2D eigenvalue weighted by Gasteiger charge is -2.14. The molecule has 3 aromatic rings. The predicted octanol–water partition coefficient (Wildman–Crippen LogP) is 5.04. The number of carboxylic acid groups (broad SMARTS) is 1. The number of carboxylic acids is 1. The van der Waals surface area contributed by atoms with Gasteiger partial charge < -0.3 is 14.6 Å². The van der Waals surface area contributed by atoms with Crippen LogP contribution in [0.5, 0.6) is 11.5 Å². The van der Waals surface area contributed by atoms with Crippen molar-refractivity contribution in [2.75, 3.05) is 7.11 Å². The van der Waals surface area contributed by atoms with Gasteiger partial charge in [-0.15, -0.1) is 0 Å². The number of fused-ring (bicyclic) bond motifs is 1. The molecular formula is C25H17IO6. The van der Waals surface area contributed by atoms with E-state index in [4.69, 9.17) is 14.6 Å². The molecule has 6 nitrogen and oxygen atoms in total. The van der Waals surface area contributed by atoms with E-state index in [1.165, 1.54) is 13.2 Å². The van der Waals surface area contributed by atoms with Crippen LogP contribution in [0.15, 0.2) is 66.2 Å². The topological polar surface area (TPSA) is 89.9 Å².